The summed E-state index contributed by atoms with van der Waals surface area (Å²) in [5.74, 6) is 0. The lowest BCUT2D eigenvalue weighted by Gasteiger charge is -2.15. The second kappa shape index (κ2) is 11.3. The highest BCUT2D eigenvalue weighted by Crippen LogP contribution is 2.40. The van der Waals surface area contributed by atoms with Crippen LogP contribution in [0.15, 0.2) is 194 Å². The zero-order valence-corrected chi connectivity index (χ0v) is 28.4. The largest absolute Gasteiger partial charge is 0.309 e. The van der Waals surface area contributed by atoms with Crippen LogP contribution in [0.2, 0.25) is 0 Å². The Kier molecular flexibility index (Phi) is 6.28. The molecule has 0 spiro atoms. The van der Waals surface area contributed by atoms with Gasteiger partial charge in [0.2, 0.25) is 0 Å². The lowest BCUT2D eigenvalue weighted by atomic mass is 9.99. The third-order valence-electron chi connectivity index (χ3n) is 10.9. The number of hydrogen-bond acceptors (Lipinski definition) is 0. The number of para-hydroxylation sites is 2. The Bertz CT molecular complexity index is 3180. The van der Waals surface area contributed by atoms with Crippen LogP contribution in [0.5, 0.6) is 0 Å². The Morgan fingerprint density at radius 1 is 0.250 bits per heavy atom. The third-order valence-corrected chi connectivity index (χ3v) is 10.9. The Morgan fingerprint density at radius 3 is 1.50 bits per heavy atom. The predicted molar refractivity (Wildman–Crippen MR) is 221 cm³/mol. The summed E-state index contributed by atoms with van der Waals surface area (Å²) in [6.07, 6.45) is 0. The number of aromatic nitrogens is 2. The molecule has 2 nitrogen and oxygen atoms in total. The van der Waals surface area contributed by atoms with Gasteiger partial charge in [0.05, 0.1) is 27.8 Å². The summed E-state index contributed by atoms with van der Waals surface area (Å²) in [5.41, 5.74) is 12.1. The quantitative estimate of drug-likeness (QED) is 0.178. The van der Waals surface area contributed by atoms with Crippen LogP contribution < -0.4 is 0 Å². The highest BCUT2D eigenvalue weighted by molar-refractivity contribution is 6.13. The van der Waals surface area contributed by atoms with Gasteiger partial charge in [-0.15, -0.1) is 0 Å². The van der Waals surface area contributed by atoms with E-state index in [2.05, 4.69) is 203 Å². The van der Waals surface area contributed by atoms with E-state index in [0.29, 0.717) is 0 Å². The van der Waals surface area contributed by atoms with E-state index in [1.807, 2.05) is 0 Å². The molecule has 0 saturated carbocycles. The van der Waals surface area contributed by atoms with Crippen LogP contribution in [0, 0.1) is 0 Å². The van der Waals surface area contributed by atoms with E-state index in [1.165, 1.54) is 98.8 Å². The molecule has 0 N–H and O–H groups in total. The van der Waals surface area contributed by atoms with E-state index in [1.54, 1.807) is 0 Å². The van der Waals surface area contributed by atoms with Crippen molar-refractivity contribution < 1.29 is 0 Å². The maximum absolute atomic E-state index is 2.46. The third kappa shape index (κ3) is 4.38. The maximum atomic E-state index is 2.46. The summed E-state index contributed by atoms with van der Waals surface area (Å²) < 4.78 is 4.87. The molecule has 0 saturated heterocycles. The van der Waals surface area contributed by atoms with E-state index in [9.17, 15) is 0 Å². The van der Waals surface area contributed by atoms with Crippen molar-refractivity contribution in [3.63, 3.8) is 0 Å². The van der Waals surface area contributed by atoms with Crippen LogP contribution in [-0.4, -0.2) is 9.13 Å². The Balaban J connectivity index is 1.11. The Labute approximate surface area is 301 Å². The molecular formula is C50H32N2. The molecule has 0 fully saturated rings. The number of hydrogen-bond donors (Lipinski definition) is 0. The zero-order valence-electron chi connectivity index (χ0n) is 28.4. The average Bonchev–Trinajstić information content (AvgIpc) is 3.72. The second-order valence-electron chi connectivity index (χ2n) is 13.8. The molecule has 0 amide bonds. The molecule has 9 aromatic carbocycles. The van der Waals surface area contributed by atoms with Gasteiger partial charge >= 0.3 is 0 Å². The van der Waals surface area contributed by atoms with Gasteiger partial charge in [-0.3, -0.25) is 0 Å². The number of benzene rings is 9. The van der Waals surface area contributed by atoms with E-state index >= 15 is 0 Å². The fourth-order valence-corrected chi connectivity index (χ4v) is 8.43. The van der Waals surface area contributed by atoms with Crippen molar-refractivity contribution in [1.82, 2.24) is 9.13 Å². The Morgan fingerprint density at radius 2 is 0.788 bits per heavy atom. The smallest absolute Gasteiger partial charge is 0.0546 e. The number of nitrogens with zero attached hydrogens (tertiary/aromatic N) is 2. The van der Waals surface area contributed by atoms with Crippen LogP contribution in [0.4, 0.5) is 0 Å². The van der Waals surface area contributed by atoms with Gasteiger partial charge in [0, 0.05) is 32.6 Å². The van der Waals surface area contributed by atoms with Gasteiger partial charge in [0.15, 0.2) is 0 Å². The SMILES string of the molecule is c1ccc(-c2cc(-n3c4ccccc4c4cc(-c5ccc6c(c5)c5ccccc5n6-c5ccc6ccccc6c5)ccc43)c3ccccc3c2)cc1. The second-order valence-corrected chi connectivity index (χ2v) is 13.8. The van der Waals surface area contributed by atoms with Crippen molar-refractivity contribution in [3.05, 3.63) is 194 Å². The lowest BCUT2D eigenvalue weighted by molar-refractivity contribution is 1.19. The molecule has 2 heterocycles. The highest BCUT2D eigenvalue weighted by atomic mass is 15.0. The minimum atomic E-state index is 1.18. The molecule has 2 heteroatoms. The first-order valence-corrected chi connectivity index (χ1v) is 17.9. The zero-order chi connectivity index (χ0) is 34.2. The minimum Gasteiger partial charge on any atom is -0.309 e. The molecule has 0 bridgehead atoms. The van der Waals surface area contributed by atoms with Crippen LogP contribution >= 0.6 is 0 Å². The van der Waals surface area contributed by atoms with E-state index in [-0.39, 0.29) is 0 Å². The first-order chi connectivity index (χ1) is 25.8. The molecule has 11 aromatic rings. The van der Waals surface area contributed by atoms with E-state index in [4.69, 9.17) is 0 Å². The monoisotopic (exact) mass is 660 g/mol. The summed E-state index contributed by atoms with van der Waals surface area (Å²) >= 11 is 0. The van der Waals surface area contributed by atoms with Crippen molar-refractivity contribution in [2.75, 3.05) is 0 Å². The molecule has 242 valence electrons. The molecule has 0 radical (unpaired) electrons. The van der Waals surface area contributed by atoms with Crippen molar-refractivity contribution in [2.24, 2.45) is 0 Å². The molecule has 0 atom stereocenters. The maximum Gasteiger partial charge on any atom is 0.0546 e. The normalized spacial score (nSPS) is 11.8. The Hall–Kier alpha value is -6.90. The van der Waals surface area contributed by atoms with Crippen molar-refractivity contribution >= 4 is 65.2 Å². The number of fused-ring (bicyclic) bond motifs is 8. The molecule has 52 heavy (non-hydrogen) atoms. The van der Waals surface area contributed by atoms with Crippen molar-refractivity contribution in [1.29, 1.82) is 0 Å². The minimum absolute atomic E-state index is 1.18. The van der Waals surface area contributed by atoms with Crippen LogP contribution in [0.25, 0.3) is 98.8 Å². The van der Waals surface area contributed by atoms with Crippen LogP contribution in [0.3, 0.4) is 0 Å². The van der Waals surface area contributed by atoms with Gasteiger partial charge < -0.3 is 9.13 Å². The van der Waals surface area contributed by atoms with E-state index in [0.717, 1.165) is 0 Å². The van der Waals surface area contributed by atoms with Gasteiger partial charge in [-0.25, -0.2) is 0 Å². The highest BCUT2D eigenvalue weighted by Gasteiger charge is 2.18. The van der Waals surface area contributed by atoms with Gasteiger partial charge in [0.1, 0.15) is 0 Å². The standard InChI is InChI=1S/C50H32N2/c1-2-12-33(13-3-1)39-28-38-16-6-7-17-41(38)50(32-39)52-47-21-11-9-19-43(47)45-31-37(24-27-49(45)52)36-23-26-48-44(30-36)42-18-8-10-20-46(42)51(48)40-25-22-34-14-4-5-15-35(34)29-40/h1-32H. The molecule has 2 aromatic heterocycles. The summed E-state index contributed by atoms with van der Waals surface area (Å²) in [6.45, 7) is 0. The van der Waals surface area contributed by atoms with Crippen LogP contribution in [0.1, 0.15) is 0 Å². The van der Waals surface area contributed by atoms with Crippen molar-refractivity contribution in [3.8, 4) is 33.6 Å². The molecule has 0 aliphatic rings. The summed E-state index contributed by atoms with van der Waals surface area (Å²) in [6, 6.07) is 71.1. The molecular weight excluding hydrogens is 629 g/mol. The molecule has 11 rings (SSSR count). The van der Waals surface area contributed by atoms with Gasteiger partial charge in [0.25, 0.3) is 0 Å². The van der Waals surface area contributed by atoms with Crippen molar-refractivity contribution in [2.45, 2.75) is 0 Å². The van der Waals surface area contributed by atoms with Crippen LogP contribution in [-0.2, 0) is 0 Å². The summed E-state index contributed by atoms with van der Waals surface area (Å²) in [7, 11) is 0. The average molecular weight is 661 g/mol. The first kappa shape index (κ1) is 28.9. The molecule has 0 aliphatic heterocycles. The topological polar surface area (TPSA) is 9.86 Å². The number of rotatable bonds is 4. The fourth-order valence-electron chi connectivity index (χ4n) is 8.43. The molecule has 0 unspecified atom stereocenters. The van der Waals surface area contributed by atoms with Gasteiger partial charge in [-0.2, -0.15) is 0 Å². The van der Waals surface area contributed by atoms with Gasteiger partial charge in [-0.05, 0) is 99.1 Å². The lowest BCUT2D eigenvalue weighted by Crippen LogP contribution is -1.96. The van der Waals surface area contributed by atoms with E-state index < -0.39 is 0 Å². The summed E-state index contributed by atoms with van der Waals surface area (Å²) in [4.78, 5) is 0. The first-order valence-electron chi connectivity index (χ1n) is 17.9. The van der Waals surface area contributed by atoms with Gasteiger partial charge in [-0.1, -0.05) is 133 Å². The predicted octanol–water partition coefficient (Wildman–Crippen LogP) is 13.5. The molecule has 0 aliphatic carbocycles. The fraction of sp³-hybridized carbons (Fsp3) is 0. The summed E-state index contributed by atoms with van der Waals surface area (Å²) in [5, 5.41) is 9.99.